The van der Waals surface area contributed by atoms with E-state index in [1.54, 1.807) is 0 Å². The molecule has 0 radical (unpaired) electrons. The molecule has 0 amide bonds. The SMILES string of the molecule is c1ccc(CCc2cnc3[nH]ccc3c2)cc1. The monoisotopic (exact) mass is 222 g/mol. The molecule has 2 heteroatoms. The maximum Gasteiger partial charge on any atom is 0.137 e. The summed E-state index contributed by atoms with van der Waals surface area (Å²) in [6.45, 7) is 0. The molecule has 0 unspecified atom stereocenters. The molecule has 2 aromatic heterocycles. The third-order valence-corrected chi connectivity index (χ3v) is 3.00. The van der Waals surface area contributed by atoms with Crippen molar-refractivity contribution in [1.82, 2.24) is 9.97 Å². The fourth-order valence-electron chi connectivity index (χ4n) is 2.06. The molecular weight excluding hydrogens is 208 g/mol. The minimum absolute atomic E-state index is 0.966. The van der Waals surface area contributed by atoms with E-state index in [9.17, 15) is 0 Å². The number of pyridine rings is 1. The van der Waals surface area contributed by atoms with Crippen LogP contribution in [0.25, 0.3) is 11.0 Å². The van der Waals surface area contributed by atoms with Gasteiger partial charge in [-0.05, 0) is 36.1 Å². The third-order valence-electron chi connectivity index (χ3n) is 3.00. The lowest BCUT2D eigenvalue weighted by molar-refractivity contribution is 0.954. The van der Waals surface area contributed by atoms with Crippen molar-refractivity contribution in [2.24, 2.45) is 0 Å². The van der Waals surface area contributed by atoms with Crippen LogP contribution in [0, 0.1) is 0 Å². The van der Waals surface area contributed by atoms with Crippen molar-refractivity contribution in [2.45, 2.75) is 12.8 Å². The fourth-order valence-corrected chi connectivity index (χ4v) is 2.06. The minimum Gasteiger partial charge on any atom is -0.346 e. The van der Waals surface area contributed by atoms with Gasteiger partial charge in [-0.25, -0.2) is 4.98 Å². The van der Waals surface area contributed by atoms with Gasteiger partial charge in [-0.1, -0.05) is 30.3 Å². The van der Waals surface area contributed by atoms with Gasteiger partial charge in [0.2, 0.25) is 0 Å². The predicted molar refractivity (Wildman–Crippen MR) is 69.9 cm³/mol. The van der Waals surface area contributed by atoms with Crippen LogP contribution < -0.4 is 0 Å². The van der Waals surface area contributed by atoms with Gasteiger partial charge in [0.05, 0.1) is 0 Å². The Labute approximate surface area is 100 Å². The first-order valence-electron chi connectivity index (χ1n) is 5.88. The number of nitrogens with one attached hydrogen (secondary N) is 1. The quantitative estimate of drug-likeness (QED) is 0.723. The number of hydrogen-bond donors (Lipinski definition) is 1. The maximum absolute atomic E-state index is 4.40. The molecule has 0 aliphatic heterocycles. The average Bonchev–Trinajstić information content (AvgIpc) is 2.85. The van der Waals surface area contributed by atoms with Crippen molar-refractivity contribution < 1.29 is 0 Å². The number of fused-ring (bicyclic) bond motifs is 1. The van der Waals surface area contributed by atoms with Crippen LogP contribution in [0.15, 0.2) is 54.9 Å². The molecule has 0 saturated carbocycles. The van der Waals surface area contributed by atoms with Gasteiger partial charge >= 0.3 is 0 Å². The van der Waals surface area contributed by atoms with E-state index in [2.05, 4.69) is 52.4 Å². The van der Waals surface area contributed by atoms with Crippen molar-refractivity contribution in [3.63, 3.8) is 0 Å². The Kier molecular flexibility index (Phi) is 2.62. The summed E-state index contributed by atoms with van der Waals surface area (Å²) < 4.78 is 0. The standard InChI is InChI=1S/C15H14N2/c1-2-4-12(5-3-1)6-7-13-10-14-8-9-16-15(14)17-11-13/h1-5,8-11H,6-7H2,(H,16,17). The fraction of sp³-hybridized carbons (Fsp3) is 0.133. The second kappa shape index (κ2) is 4.42. The van der Waals surface area contributed by atoms with Gasteiger partial charge in [-0.15, -0.1) is 0 Å². The van der Waals surface area contributed by atoms with Crippen LogP contribution in [0.2, 0.25) is 0 Å². The van der Waals surface area contributed by atoms with Crippen LogP contribution in [-0.4, -0.2) is 9.97 Å². The topological polar surface area (TPSA) is 28.7 Å². The maximum atomic E-state index is 4.40. The van der Waals surface area contributed by atoms with Crippen molar-refractivity contribution in [1.29, 1.82) is 0 Å². The molecule has 1 N–H and O–H groups in total. The van der Waals surface area contributed by atoms with E-state index >= 15 is 0 Å². The number of aromatic amines is 1. The first kappa shape index (κ1) is 10.1. The molecule has 3 aromatic rings. The summed E-state index contributed by atoms with van der Waals surface area (Å²) in [5.41, 5.74) is 3.64. The molecule has 2 nitrogen and oxygen atoms in total. The Morgan fingerprint density at radius 3 is 2.65 bits per heavy atom. The molecule has 0 saturated heterocycles. The lowest BCUT2D eigenvalue weighted by Gasteiger charge is -2.01. The average molecular weight is 222 g/mol. The highest BCUT2D eigenvalue weighted by atomic mass is 14.8. The van der Waals surface area contributed by atoms with Gasteiger partial charge in [-0.2, -0.15) is 0 Å². The largest absolute Gasteiger partial charge is 0.346 e. The Bertz CT molecular complexity index is 611. The van der Waals surface area contributed by atoms with E-state index in [0.29, 0.717) is 0 Å². The van der Waals surface area contributed by atoms with Gasteiger partial charge in [0.15, 0.2) is 0 Å². The molecular formula is C15H14N2. The molecule has 0 atom stereocenters. The number of H-pyrrole nitrogens is 1. The predicted octanol–water partition coefficient (Wildman–Crippen LogP) is 3.35. The zero-order valence-corrected chi connectivity index (χ0v) is 9.56. The van der Waals surface area contributed by atoms with Crippen LogP contribution in [0.3, 0.4) is 0 Å². The summed E-state index contributed by atoms with van der Waals surface area (Å²) in [6, 6.07) is 14.8. The van der Waals surface area contributed by atoms with Gasteiger partial charge in [0.1, 0.15) is 5.65 Å². The molecule has 1 aromatic carbocycles. The minimum atomic E-state index is 0.966. The second-order valence-electron chi connectivity index (χ2n) is 4.24. The van der Waals surface area contributed by atoms with Gasteiger partial charge in [0, 0.05) is 17.8 Å². The number of hydrogen-bond acceptors (Lipinski definition) is 1. The lowest BCUT2D eigenvalue weighted by atomic mass is 10.1. The highest BCUT2D eigenvalue weighted by Crippen LogP contribution is 2.13. The van der Waals surface area contributed by atoms with Crippen molar-refractivity contribution in [2.75, 3.05) is 0 Å². The van der Waals surface area contributed by atoms with Crippen molar-refractivity contribution in [3.8, 4) is 0 Å². The molecule has 0 aliphatic carbocycles. The molecule has 0 bridgehead atoms. The second-order valence-corrected chi connectivity index (χ2v) is 4.24. The van der Waals surface area contributed by atoms with Crippen LogP contribution in [0.5, 0.6) is 0 Å². The van der Waals surface area contributed by atoms with E-state index in [-0.39, 0.29) is 0 Å². The van der Waals surface area contributed by atoms with Gasteiger partial charge < -0.3 is 4.98 Å². The number of nitrogens with zero attached hydrogens (tertiary/aromatic N) is 1. The third kappa shape index (κ3) is 2.21. The van der Waals surface area contributed by atoms with Gasteiger partial charge in [-0.3, -0.25) is 0 Å². The summed E-state index contributed by atoms with van der Waals surface area (Å²) in [5.74, 6) is 0. The Balaban J connectivity index is 1.76. The molecule has 0 spiro atoms. The summed E-state index contributed by atoms with van der Waals surface area (Å²) >= 11 is 0. The van der Waals surface area contributed by atoms with Crippen LogP contribution in [0.1, 0.15) is 11.1 Å². The number of aromatic nitrogens is 2. The Hall–Kier alpha value is -2.09. The number of rotatable bonds is 3. The van der Waals surface area contributed by atoms with Crippen LogP contribution >= 0.6 is 0 Å². The van der Waals surface area contributed by atoms with Crippen LogP contribution in [0.4, 0.5) is 0 Å². The highest BCUT2D eigenvalue weighted by Gasteiger charge is 1.99. The Morgan fingerprint density at radius 1 is 0.941 bits per heavy atom. The molecule has 0 aliphatic rings. The molecule has 17 heavy (non-hydrogen) atoms. The zero-order valence-electron chi connectivity index (χ0n) is 9.56. The molecule has 84 valence electrons. The van der Waals surface area contributed by atoms with E-state index < -0.39 is 0 Å². The van der Waals surface area contributed by atoms with E-state index in [0.717, 1.165) is 18.5 Å². The number of benzene rings is 1. The van der Waals surface area contributed by atoms with E-state index in [4.69, 9.17) is 0 Å². The first-order valence-corrected chi connectivity index (χ1v) is 5.88. The van der Waals surface area contributed by atoms with E-state index in [1.807, 2.05) is 12.4 Å². The van der Waals surface area contributed by atoms with Gasteiger partial charge in [0.25, 0.3) is 0 Å². The van der Waals surface area contributed by atoms with Crippen molar-refractivity contribution >= 4 is 11.0 Å². The zero-order chi connectivity index (χ0) is 11.5. The van der Waals surface area contributed by atoms with E-state index in [1.165, 1.54) is 16.5 Å². The summed E-state index contributed by atoms with van der Waals surface area (Å²) in [6.07, 6.45) is 6.00. The summed E-state index contributed by atoms with van der Waals surface area (Å²) in [4.78, 5) is 7.51. The smallest absolute Gasteiger partial charge is 0.137 e. The van der Waals surface area contributed by atoms with Crippen LogP contribution in [-0.2, 0) is 12.8 Å². The molecule has 2 heterocycles. The number of aryl methyl sites for hydroxylation is 2. The Morgan fingerprint density at radius 2 is 1.76 bits per heavy atom. The lowest BCUT2D eigenvalue weighted by Crippen LogP contribution is -1.92. The highest BCUT2D eigenvalue weighted by molar-refractivity contribution is 5.75. The summed E-state index contributed by atoms with van der Waals surface area (Å²) in [5, 5.41) is 1.19. The summed E-state index contributed by atoms with van der Waals surface area (Å²) in [7, 11) is 0. The molecule has 0 fully saturated rings. The van der Waals surface area contributed by atoms with Crippen molar-refractivity contribution in [3.05, 3.63) is 66.0 Å². The normalized spacial score (nSPS) is 10.8. The first-order chi connectivity index (χ1) is 8.42. The molecule has 3 rings (SSSR count).